The van der Waals surface area contributed by atoms with Crippen LogP contribution in [0.2, 0.25) is 0 Å². The van der Waals surface area contributed by atoms with E-state index in [0.29, 0.717) is 6.42 Å². The van der Waals surface area contributed by atoms with Crippen LogP contribution in [0.5, 0.6) is 0 Å². The number of hydrogen-bond donors (Lipinski definition) is 1. The van der Waals surface area contributed by atoms with Gasteiger partial charge in [-0.15, -0.1) is 0 Å². The van der Waals surface area contributed by atoms with Gasteiger partial charge in [0.15, 0.2) is 0 Å². The van der Waals surface area contributed by atoms with Crippen molar-refractivity contribution in [2.75, 3.05) is 13.1 Å². The number of likely N-dealkylation sites (tertiary alicyclic amines) is 1. The summed E-state index contributed by atoms with van der Waals surface area (Å²) in [7, 11) is 0. The number of nitrogens with zero attached hydrogens (tertiary/aromatic N) is 1. The minimum absolute atomic E-state index is 0.101. The van der Waals surface area contributed by atoms with Crippen molar-refractivity contribution in [1.82, 2.24) is 10.2 Å². The highest BCUT2D eigenvalue weighted by Gasteiger charge is 2.18. The molecule has 1 saturated heterocycles. The number of carbonyl (C=O) groups excluding carboxylic acids is 2. The summed E-state index contributed by atoms with van der Waals surface area (Å²) >= 11 is 0. The molecule has 0 spiro atoms. The molecule has 0 unspecified atom stereocenters. The van der Waals surface area contributed by atoms with Gasteiger partial charge in [-0.3, -0.25) is 9.59 Å². The molecule has 1 aliphatic rings. The van der Waals surface area contributed by atoms with Gasteiger partial charge < -0.3 is 10.2 Å². The van der Waals surface area contributed by atoms with E-state index in [1.165, 1.54) is 0 Å². The molecule has 0 bridgehead atoms. The van der Waals surface area contributed by atoms with Crippen molar-refractivity contribution < 1.29 is 9.59 Å². The zero-order chi connectivity index (χ0) is 9.68. The van der Waals surface area contributed by atoms with Crippen LogP contribution in [-0.2, 0) is 9.59 Å². The fourth-order valence-electron chi connectivity index (χ4n) is 1.48. The lowest BCUT2D eigenvalue weighted by molar-refractivity contribution is -0.122. The Kier molecular flexibility index (Phi) is 3.73. The van der Waals surface area contributed by atoms with Gasteiger partial charge in [-0.05, 0) is 12.8 Å². The number of rotatable bonds is 3. The molecule has 4 heteroatoms. The van der Waals surface area contributed by atoms with Crippen molar-refractivity contribution in [3.63, 3.8) is 0 Å². The number of nitrogens with one attached hydrogen (secondary N) is 1. The lowest BCUT2D eigenvalue weighted by atomic mass is 10.1. The molecule has 1 N–H and O–H groups in total. The Balaban J connectivity index is 2.24. The third kappa shape index (κ3) is 3.05. The van der Waals surface area contributed by atoms with Gasteiger partial charge >= 0.3 is 0 Å². The van der Waals surface area contributed by atoms with E-state index in [1.54, 1.807) is 4.90 Å². The average Bonchev–Trinajstić information content (AvgIpc) is 2.19. The van der Waals surface area contributed by atoms with Crippen LogP contribution in [0.3, 0.4) is 0 Å². The second-order valence-corrected chi connectivity index (χ2v) is 3.34. The third-order valence-corrected chi connectivity index (χ3v) is 2.36. The molecule has 0 atom stereocenters. The zero-order valence-corrected chi connectivity index (χ0v) is 7.95. The van der Waals surface area contributed by atoms with Gasteiger partial charge in [0.05, 0.1) is 0 Å². The van der Waals surface area contributed by atoms with Crippen LogP contribution in [0, 0.1) is 0 Å². The molecule has 1 rings (SSSR count). The molecule has 0 saturated carbocycles. The second kappa shape index (κ2) is 4.84. The van der Waals surface area contributed by atoms with E-state index < -0.39 is 0 Å². The highest BCUT2D eigenvalue weighted by molar-refractivity contribution is 5.75. The average molecular weight is 184 g/mol. The normalized spacial score (nSPS) is 18.4. The SMILES string of the molecule is CCC(=O)NC1CCN(C=O)CC1. The highest BCUT2D eigenvalue weighted by atomic mass is 16.1. The first-order valence-electron chi connectivity index (χ1n) is 4.75. The summed E-state index contributed by atoms with van der Waals surface area (Å²) in [5.74, 6) is 0.101. The van der Waals surface area contributed by atoms with Gasteiger partial charge in [0.1, 0.15) is 0 Å². The zero-order valence-electron chi connectivity index (χ0n) is 7.95. The summed E-state index contributed by atoms with van der Waals surface area (Å²) in [4.78, 5) is 23.2. The molecule has 1 fully saturated rings. The van der Waals surface area contributed by atoms with E-state index in [9.17, 15) is 9.59 Å². The van der Waals surface area contributed by atoms with Crippen molar-refractivity contribution in [1.29, 1.82) is 0 Å². The Morgan fingerprint density at radius 1 is 1.54 bits per heavy atom. The van der Waals surface area contributed by atoms with E-state index in [-0.39, 0.29) is 11.9 Å². The lowest BCUT2D eigenvalue weighted by Gasteiger charge is -2.29. The van der Waals surface area contributed by atoms with Crippen LogP contribution < -0.4 is 5.32 Å². The van der Waals surface area contributed by atoms with Gasteiger partial charge in [0.2, 0.25) is 12.3 Å². The Morgan fingerprint density at radius 2 is 2.15 bits per heavy atom. The van der Waals surface area contributed by atoms with Crippen molar-refractivity contribution in [2.24, 2.45) is 0 Å². The second-order valence-electron chi connectivity index (χ2n) is 3.34. The summed E-state index contributed by atoms with van der Waals surface area (Å²) in [5.41, 5.74) is 0. The third-order valence-electron chi connectivity index (χ3n) is 2.36. The molecule has 1 aliphatic heterocycles. The molecule has 4 nitrogen and oxygen atoms in total. The number of amides is 2. The van der Waals surface area contributed by atoms with Gasteiger partial charge in [-0.2, -0.15) is 0 Å². The summed E-state index contributed by atoms with van der Waals surface area (Å²) in [6.45, 7) is 3.37. The summed E-state index contributed by atoms with van der Waals surface area (Å²) in [5, 5.41) is 2.93. The first-order valence-corrected chi connectivity index (χ1v) is 4.75. The summed E-state index contributed by atoms with van der Waals surface area (Å²) in [6, 6.07) is 0.267. The molecule has 2 amide bonds. The van der Waals surface area contributed by atoms with E-state index in [4.69, 9.17) is 0 Å². The van der Waals surface area contributed by atoms with E-state index >= 15 is 0 Å². The maximum Gasteiger partial charge on any atom is 0.219 e. The maximum absolute atomic E-state index is 11.0. The van der Waals surface area contributed by atoms with Gasteiger partial charge in [0, 0.05) is 25.6 Å². The summed E-state index contributed by atoms with van der Waals surface area (Å²) < 4.78 is 0. The van der Waals surface area contributed by atoms with Gasteiger partial charge in [-0.25, -0.2) is 0 Å². The summed E-state index contributed by atoms with van der Waals surface area (Å²) in [6.07, 6.45) is 3.17. The number of carbonyl (C=O) groups is 2. The first-order chi connectivity index (χ1) is 6.26. The Hall–Kier alpha value is -1.06. The van der Waals surface area contributed by atoms with Crippen LogP contribution in [0.25, 0.3) is 0 Å². The predicted octanol–water partition coefficient (Wildman–Crippen LogP) is 0.133. The Morgan fingerprint density at radius 3 is 2.62 bits per heavy atom. The molecule has 0 aromatic heterocycles. The van der Waals surface area contributed by atoms with Crippen LogP contribution >= 0.6 is 0 Å². The van der Waals surface area contributed by atoms with Crippen molar-refractivity contribution in [3.8, 4) is 0 Å². The molecular formula is C9H16N2O2. The quantitative estimate of drug-likeness (QED) is 0.634. The van der Waals surface area contributed by atoms with E-state index in [0.717, 1.165) is 32.3 Å². The molecule has 13 heavy (non-hydrogen) atoms. The van der Waals surface area contributed by atoms with Crippen LogP contribution in [-0.4, -0.2) is 36.3 Å². The standard InChI is InChI=1S/C9H16N2O2/c1-2-9(13)10-8-3-5-11(7-12)6-4-8/h7-8H,2-6H2,1H3,(H,10,13). The van der Waals surface area contributed by atoms with Crippen molar-refractivity contribution >= 4 is 12.3 Å². The van der Waals surface area contributed by atoms with Crippen molar-refractivity contribution in [3.05, 3.63) is 0 Å². The van der Waals surface area contributed by atoms with Crippen molar-refractivity contribution in [2.45, 2.75) is 32.2 Å². The largest absolute Gasteiger partial charge is 0.353 e. The molecule has 1 heterocycles. The van der Waals surface area contributed by atoms with Gasteiger partial charge in [-0.1, -0.05) is 6.92 Å². The van der Waals surface area contributed by atoms with Crippen LogP contribution in [0.4, 0.5) is 0 Å². The molecular weight excluding hydrogens is 168 g/mol. The Bertz CT molecular complexity index is 186. The predicted molar refractivity (Wildman–Crippen MR) is 49.1 cm³/mol. The first kappa shape index (κ1) is 10.0. The number of piperidine rings is 1. The van der Waals surface area contributed by atoms with Crippen LogP contribution in [0.15, 0.2) is 0 Å². The molecule has 0 aliphatic carbocycles. The lowest BCUT2D eigenvalue weighted by Crippen LogP contribution is -2.43. The minimum atomic E-state index is 0.101. The molecule has 0 radical (unpaired) electrons. The highest BCUT2D eigenvalue weighted by Crippen LogP contribution is 2.08. The molecule has 0 aromatic carbocycles. The smallest absolute Gasteiger partial charge is 0.219 e. The maximum atomic E-state index is 11.0. The topological polar surface area (TPSA) is 49.4 Å². The minimum Gasteiger partial charge on any atom is -0.353 e. The van der Waals surface area contributed by atoms with E-state index in [2.05, 4.69) is 5.32 Å². The van der Waals surface area contributed by atoms with Crippen LogP contribution in [0.1, 0.15) is 26.2 Å². The molecule has 74 valence electrons. The molecule has 0 aromatic rings. The monoisotopic (exact) mass is 184 g/mol. The van der Waals surface area contributed by atoms with E-state index in [1.807, 2.05) is 6.92 Å². The van der Waals surface area contributed by atoms with Gasteiger partial charge in [0.25, 0.3) is 0 Å². The fourth-order valence-corrected chi connectivity index (χ4v) is 1.48. The Labute approximate surface area is 78.3 Å². The number of hydrogen-bond acceptors (Lipinski definition) is 2. The fraction of sp³-hybridized carbons (Fsp3) is 0.778.